The molecular formula is C12H14BrN3O. The lowest BCUT2D eigenvalue weighted by Gasteiger charge is -2.09. The van der Waals surface area contributed by atoms with Crippen molar-refractivity contribution in [3.63, 3.8) is 0 Å². The van der Waals surface area contributed by atoms with E-state index in [1.165, 1.54) is 0 Å². The van der Waals surface area contributed by atoms with Crippen LogP contribution in [-0.4, -0.2) is 9.78 Å². The lowest BCUT2D eigenvalue weighted by Crippen LogP contribution is -1.97. The van der Waals surface area contributed by atoms with Crippen LogP contribution in [0.25, 0.3) is 0 Å². The summed E-state index contributed by atoms with van der Waals surface area (Å²) < 4.78 is 8.33. The van der Waals surface area contributed by atoms with Gasteiger partial charge in [-0.05, 0) is 47.5 Å². The second kappa shape index (κ2) is 4.41. The molecule has 0 aliphatic rings. The first-order chi connectivity index (χ1) is 7.97. The molecule has 0 amide bonds. The minimum atomic E-state index is 0.701. The molecule has 2 aromatic rings. The quantitative estimate of drug-likeness (QED) is 0.866. The third kappa shape index (κ3) is 2.44. The Morgan fingerprint density at radius 3 is 2.59 bits per heavy atom. The highest BCUT2D eigenvalue weighted by Gasteiger charge is 2.09. The molecular weight excluding hydrogens is 282 g/mol. The van der Waals surface area contributed by atoms with Crippen molar-refractivity contribution in [2.45, 2.75) is 13.8 Å². The number of hydrogen-bond acceptors (Lipinski definition) is 3. The number of halogens is 1. The summed E-state index contributed by atoms with van der Waals surface area (Å²) >= 11 is 3.44. The van der Waals surface area contributed by atoms with Crippen LogP contribution >= 0.6 is 15.9 Å². The second-order valence-electron chi connectivity index (χ2n) is 3.99. The van der Waals surface area contributed by atoms with Crippen LogP contribution in [0.15, 0.2) is 22.7 Å². The van der Waals surface area contributed by atoms with Crippen molar-refractivity contribution >= 4 is 21.6 Å². The maximum atomic E-state index is 5.81. The summed E-state index contributed by atoms with van der Waals surface area (Å²) in [5.74, 6) is 1.44. The van der Waals surface area contributed by atoms with E-state index in [1.807, 2.05) is 39.1 Å². The standard InChI is InChI=1S/C12H14BrN3O/c1-7-4-11(9(13)6-10(7)14)17-12-5-8(2)15-16(12)3/h4-6H,14H2,1-3H3. The minimum absolute atomic E-state index is 0.701. The number of rotatable bonds is 2. The van der Waals surface area contributed by atoms with E-state index < -0.39 is 0 Å². The molecule has 2 N–H and O–H groups in total. The molecule has 0 radical (unpaired) electrons. The number of benzene rings is 1. The number of aryl methyl sites for hydroxylation is 3. The van der Waals surface area contributed by atoms with Gasteiger partial charge in [-0.15, -0.1) is 0 Å². The van der Waals surface area contributed by atoms with Gasteiger partial charge >= 0.3 is 0 Å². The first-order valence-corrected chi connectivity index (χ1v) is 6.01. The first-order valence-electron chi connectivity index (χ1n) is 5.21. The zero-order valence-electron chi connectivity index (χ0n) is 9.99. The Morgan fingerprint density at radius 1 is 1.29 bits per heavy atom. The molecule has 90 valence electrons. The Hall–Kier alpha value is -1.49. The molecule has 1 aromatic heterocycles. The summed E-state index contributed by atoms with van der Waals surface area (Å²) in [4.78, 5) is 0. The Kier molecular flexibility index (Phi) is 3.11. The summed E-state index contributed by atoms with van der Waals surface area (Å²) in [6.07, 6.45) is 0. The van der Waals surface area contributed by atoms with E-state index in [9.17, 15) is 0 Å². The molecule has 0 saturated heterocycles. The number of anilines is 1. The third-order valence-corrected chi connectivity index (χ3v) is 3.11. The molecule has 0 saturated carbocycles. The fourth-order valence-corrected chi connectivity index (χ4v) is 1.99. The molecule has 0 atom stereocenters. The van der Waals surface area contributed by atoms with Gasteiger partial charge < -0.3 is 10.5 Å². The predicted molar refractivity (Wildman–Crippen MR) is 71.3 cm³/mol. The van der Waals surface area contributed by atoms with Crippen LogP contribution < -0.4 is 10.5 Å². The van der Waals surface area contributed by atoms with Crippen LogP contribution in [0.4, 0.5) is 5.69 Å². The number of nitrogens with zero attached hydrogens (tertiary/aromatic N) is 2. The van der Waals surface area contributed by atoms with Gasteiger partial charge in [0.2, 0.25) is 5.88 Å². The largest absolute Gasteiger partial charge is 0.438 e. The van der Waals surface area contributed by atoms with Crippen LogP contribution in [0.3, 0.4) is 0 Å². The summed E-state index contributed by atoms with van der Waals surface area (Å²) in [7, 11) is 1.85. The number of hydrogen-bond donors (Lipinski definition) is 1. The van der Waals surface area contributed by atoms with E-state index in [-0.39, 0.29) is 0 Å². The highest BCUT2D eigenvalue weighted by molar-refractivity contribution is 9.10. The third-order valence-electron chi connectivity index (χ3n) is 2.49. The van der Waals surface area contributed by atoms with Gasteiger partial charge in [-0.25, -0.2) is 4.68 Å². The molecule has 4 nitrogen and oxygen atoms in total. The van der Waals surface area contributed by atoms with Crippen LogP contribution in [-0.2, 0) is 7.05 Å². The monoisotopic (exact) mass is 295 g/mol. The fourth-order valence-electron chi connectivity index (χ4n) is 1.54. The topological polar surface area (TPSA) is 53.1 Å². The normalized spacial score (nSPS) is 10.6. The molecule has 0 spiro atoms. The molecule has 0 aliphatic carbocycles. The molecule has 0 aliphatic heterocycles. The van der Waals surface area contributed by atoms with Gasteiger partial charge in [0.15, 0.2) is 0 Å². The average molecular weight is 296 g/mol. The van der Waals surface area contributed by atoms with E-state index in [4.69, 9.17) is 10.5 Å². The molecule has 1 aromatic carbocycles. The number of ether oxygens (including phenoxy) is 1. The number of nitrogens with two attached hydrogens (primary N) is 1. The Bertz CT molecular complexity index is 563. The summed E-state index contributed by atoms with van der Waals surface area (Å²) in [6, 6.07) is 5.63. The SMILES string of the molecule is Cc1cc(Oc2cc(C)c(N)cc2Br)n(C)n1. The molecule has 0 fully saturated rings. The smallest absolute Gasteiger partial charge is 0.217 e. The summed E-state index contributed by atoms with van der Waals surface area (Å²) in [6.45, 7) is 3.87. The number of aromatic nitrogens is 2. The van der Waals surface area contributed by atoms with E-state index >= 15 is 0 Å². The van der Waals surface area contributed by atoms with Crippen LogP contribution in [0.1, 0.15) is 11.3 Å². The molecule has 2 rings (SSSR count). The lowest BCUT2D eigenvalue weighted by atomic mass is 10.2. The van der Waals surface area contributed by atoms with Gasteiger partial charge in [0.1, 0.15) is 5.75 Å². The van der Waals surface area contributed by atoms with Crippen LogP contribution in [0.5, 0.6) is 11.6 Å². The molecule has 1 heterocycles. The zero-order chi connectivity index (χ0) is 12.6. The van der Waals surface area contributed by atoms with Gasteiger partial charge in [-0.1, -0.05) is 0 Å². The minimum Gasteiger partial charge on any atom is -0.438 e. The predicted octanol–water partition coefficient (Wildman–Crippen LogP) is 3.17. The van der Waals surface area contributed by atoms with Gasteiger partial charge in [-0.3, -0.25) is 0 Å². The highest BCUT2D eigenvalue weighted by atomic mass is 79.9. The van der Waals surface area contributed by atoms with Gasteiger partial charge in [0, 0.05) is 18.8 Å². The zero-order valence-corrected chi connectivity index (χ0v) is 11.6. The van der Waals surface area contributed by atoms with Crippen molar-refractivity contribution in [2.24, 2.45) is 7.05 Å². The Balaban J connectivity index is 2.36. The van der Waals surface area contributed by atoms with Gasteiger partial charge in [-0.2, -0.15) is 5.10 Å². The summed E-state index contributed by atoms with van der Waals surface area (Å²) in [5.41, 5.74) is 8.47. The van der Waals surface area contributed by atoms with E-state index in [0.717, 1.165) is 27.2 Å². The molecule has 17 heavy (non-hydrogen) atoms. The first kappa shape index (κ1) is 12.0. The van der Waals surface area contributed by atoms with Crippen molar-refractivity contribution in [1.29, 1.82) is 0 Å². The Labute approximate surface area is 109 Å². The average Bonchev–Trinajstić information content (AvgIpc) is 2.54. The summed E-state index contributed by atoms with van der Waals surface area (Å²) in [5, 5.41) is 4.23. The maximum absolute atomic E-state index is 5.81. The van der Waals surface area contributed by atoms with Crippen molar-refractivity contribution in [2.75, 3.05) is 5.73 Å². The van der Waals surface area contributed by atoms with E-state index in [2.05, 4.69) is 21.0 Å². The second-order valence-corrected chi connectivity index (χ2v) is 4.84. The van der Waals surface area contributed by atoms with Crippen LogP contribution in [0.2, 0.25) is 0 Å². The van der Waals surface area contributed by atoms with Crippen molar-refractivity contribution < 1.29 is 4.74 Å². The van der Waals surface area contributed by atoms with Crippen molar-refractivity contribution in [1.82, 2.24) is 9.78 Å². The van der Waals surface area contributed by atoms with E-state index in [1.54, 1.807) is 4.68 Å². The highest BCUT2D eigenvalue weighted by Crippen LogP contribution is 2.33. The molecule has 5 heteroatoms. The van der Waals surface area contributed by atoms with Gasteiger partial charge in [0.05, 0.1) is 10.2 Å². The fraction of sp³-hybridized carbons (Fsp3) is 0.250. The van der Waals surface area contributed by atoms with Gasteiger partial charge in [0.25, 0.3) is 0 Å². The van der Waals surface area contributed by atoms with Crippen molar-refractivity contribution in [3.05, 3.63) is 33.9 Å². The van der Waals surface area contributed by atoms with E-state index in [0.29, 0.717) is 5.88 Å². The maximum Gasteiger partial charge on any atom is 0.217 e. The molecule has 0 unspecified atom stereocenters. The van der Waals surface area contributed by atoms with Crippen LogP contribution in [0, 0.1) is 13.8 Å². The number of nitrogen functional groups attached to an aromatic ring is 1. The molecule has 0 bridgehead atoms. The van der Waals surface area contributed by atoms with Crippen molar-refractivity contribution in [3.8, 4) is 11.6 Å². The lowest BCUT2D eigenvalue weighted by molar-refractivity contribution is 0.428. The Morgan fingerprint density at radius 2 is 2.00 bits per heavy atom.